The fourth-order valence-electron chi connectivity index (χ4n) is 2.38. The molecule has 2 atom stereocenters. The summed E-state index contributed by atoms with van der Waals surface area (Å²) in [5.41, 5.74) is 6.88. The largest absolute Gasteiger partial charge is 0.493 e. The standard InChI is InChI=1S/C18H30FNO/c1-4-7-8-14(5-2)13-21-18-10-9-16(19)11-15(18)12-17(20)6-3/h9-11,14,17H,4-8,12-13,20H2,1-3H3. The van der Waals surface area contributed by atoms with E-state index in [0.29, 0.717) is 18.9 Å². The van der Waals surface area contributed by atoms with Gasteiger partial charge >= 0.3 is 0 Å². The SMILES string of the molecule is CCCCC(CC)COc1ccc(F)cc1CC(N)CC. The lowest BCUT2D eigenvalue weighted by Crippen LogP contribution is -2.22. The van der Waals surface area contributed by atoms with Crippen molar-refractivity contribution in [2.75, 3.05) is 6.61 Å². The number of hydrogen-bond acceptors (Lipinski definition) is 2. The molecule has 2 nitrogen and oxygen atoms in total. The van der Waals surface area contributed by atoms with Crippen LogP contribution in [-0.4, -0.2) is 12.6 Å². The highest BCUT2D eigenvalue weighted by atomic mass is 19.1. The second-order valence-corrected chi connectivity index (χ2v) is 5.85. The number of hydrogen-bond donors (Lipinski definition) is 1. The highest BCUT2D eigenvalue weighted by Crippen LogP contribution is 2.23. The van der Waals surface area contributed by atoms with E-state index in [4.69, 9.17) is 10.5 Å². The van der Waals surface area contributed by atoms with Crippen LogP contribution in [0.15, 0.2) is 18.2 Å². The molecule has 0 saturated heterocycles. The van der Waals surface area contributed by atoms with Gasteiger partial charge in [0.05, 0.1) is 6.61 Å². The van der Waals surface area contributed by atoms with Gasteiger partial charge in [-0.25, -0.2) is 4.39 Å². The van der Waals surface area contributed by atoms with Gasteiger partial charge in [0, 0.05) is 6.04 Å². The van der Waals surface area contributed by atoms with Crippen LogP contribution in [0, 0.1) is 11.7 Å². The molecule has 0 radical (unpaired) electrons. The van der Waals surface area contributed by atoms with E-state index in [0.717, 1.165) is 24.2 Å². The van der Waals surface area contributed by atoms with E-state index in [9.17, 15) is 4.39 Å². The number of rotatable bonds is 10. The molecule has 1 aromatic carbocycles. The Morgan fingerprint density at radius 1 is 1.19 bits per heavy atom. The van der Waals surface area contributed by atoms with Crippen LogP contribution in [0.1, 0.15) is 58.4 Å². The van der Waals surface area contributed by atoms with Crippen LogP contribution in [0.25, 0.3) is 0 Å². The summed E-state index contributed by atoms with van der Waals surface area (Å²) in [5, 5.41) is 0. The van der Waals surface area contributed by atoms with Gasteiger partial charge in [0.15, 0.2) is 0 Å². The molecule has 120 valence electrons. The maximum Gasteiger partial charge on any atom is 0.123 e. The van der Waals surface area contributed by atoms with Crippen molar-refractivity contribution >= 4 is 0 Å². The van der Waals surface area contributed by atoms with Crippen LogP contribution in [0.2, 0.25) is 0 Å². The van der Waals surface area contributed by atoms with Gasteiger partial charge in [-0.2, -0.15) is 0 Å². The number of nitrogens with two attached hydrogens (primary N) is 1. The molecule has 0 aliphatic rings. The average molecular weight is 295 g/mol. The second kappa shape index (κ2) is 9.78. The molecule has 0 saturated carbocycles. The van der Waals surface area contributed by atoms with E-state index in [-0.39, 0.29) is 11.9 Å². The Labute approximate surface area is 128 Å². The lowest BCUT2D eigenvalue weighted by Gasteiger charge is -2.18. The Hall–Kier alpha value is -1.09. The lowest BCUT2D eigenvalue weighted by molar-refractivity contribution is 0.231. The van der Waals surface area contributed by atoms with Gasteiger partial charge in [-0.05, 0) is 48.9 Å². The van der Waals surface area contributed by atoms with Gasteiger partial charge in [0.1, 0.15) is 11.6 Å². The Balaban J connectivity index is 2.68. The van der Waals surface area contributed by atoms with E-state index in [1.54, 1.807) is 12.1 Å². The molecule has 0 fully saturated rings. The van der Waals surface area contributed by atoms with Crippen LogP contribution in [0.3, 0.4) is 0 Å². The zero-order valence-electron chi connectivity index (χ0n) is 13.7. The number of ether oxygens (including phenoxy) is 1. The zero-order valence-corrected chi connectivity index (χ0v) is 13.7. The molecule has 0 aromatic heterocycles. The van der Waals surface area contributed by atoms with Crippen LogP contribution < -0.4 is 10.5 Å². The van der Waals surface area contributed by atoms with Gasteiger partial charge < -0.3 is 10.5 Å². The second-order valence-electron chi connectivity index (χ2n) is 5.85. The van der Waals surface area contributed by atoms with Gasteiger partial charge in [0.25, 0.3) is 0 Å². The van der Waals surface area contributed by atoms with E-state index < -0.39 is 0 Å². The topological polar surface area (TPSA) is 35.2 Å². The number of benzene rings is 1. The molecular formula is C18H30FNO. The maximum atomic E-state index is 13.4. The first-order valence-corrected chi connectivity index (χ1v) is 8.27. The normalized spacial score (nSPS) is 14.0. The fraction of sp³-hybridized carbons (Fsp3) is 0.667. The molecule has 2 unspecified atom stereocenters. The van der Waals surface area contributed by atoms with Crippen molar-refractivity contribution in [3.63, 3.8) is 0 Å². The van der Waals surface area contributed by atoms with Crippen LogP contribution in [0.5, 0.6) is 5.75 Å². The van der Waals surface area contributed by atoms with E-state index >= 15 is 0 Å². The molecule has 0 heterocycles. The first kappa shape index (κ1) is 18.0. The summed E-state index contributed by atoms with van der Waals surface area (Å²) >= 11 is 0. The minimum atomic E-state index is -0.223. The summed E-state index contributed by atoms with van der Waals surface area (Å²) in [6, 6.07) is 4.80. The summed E-state index contributed by atoms with van der Waals surface area (Å²) in [5.74, 6) is 1.14. The summed E-state index contributed by atoms with van der Waals surface area (Å²) in [6.45, 7) is 7.15. The van der Waals surface area contributed by atoms with Crippen molar-refractivity contribution in [3.8, 4) is 5.75 Å². The molecule has 0 bridgehead atoms. The smallest absolute Gasteiger partial charge is 0.123 e. The summed E-state index contributed by atoms with van der Waals surface area (Å²) in [6.07, 6.45) is 6.30. The zero-order chi connectivity index (χ0) is 15.7. The predicted molar refractivity (Wildman–Crippen MR) is 87.2 cm³/mol. The van der Waals surface area contributed by atoms with Crippen LogP contribution in [0.4, 0.5) is 4.39 Å². The summed E-state index contributed by atoms with van der Waals surface area (Å²) in [7, 11) is 0. The minimum Gasteiger partial charge on any atom is -0.493 e. The molecule has 0 amide bonds. The first-order valence-electron chi connectivity index (χ1n) is 8.27. The van der Waals surface area contributed by atoms with Gasteiger partial charge in [-0.15, -0.1) is 0 Å². The average Bonchev–Trinajstić information content (AvgIpc) is 2.49. The Morgan fingerprint density at radius 2 is 1.95 bits per heavy atom. The molecule has 0 spiro atoms. The minimum absolute atomic E-state index is 0.0520. The van der Waals surface area contributed by atoms with Crippen molar-refractivity contribution in [2.24, 2.45) is 11.7 Å². The maximum absolute atomic E-state index is 13.4. The van der Waals surface area contributed by atoms with Gasteiger partial charge in [0.2, 0.25) is 0 Å². The van der Waals surface area contributed by atoms with Crippen molar-refractivity contribution in [3.05, 3.63) is 29.6 Å². The van der Waals surface area contributed by atoms with E-state index in [2.05, 4.69) is 13.8 Å². The van der Waals surface area contributed by atoms with Gasteiger partial charge in [-0.1, -0.05) is 40.0 Å². The van der Waals surface area contributed by atoms with Crippen molar-refractivity contribution in [1.29, 1.82) is 0 Å². The van der Waals surface area contributed by atoms with E-state index in [1.807, 2.05) is 6.92 Å². The Bertz CT molecular complexity index is 408. The molecule has 3 heteroatoms. The van der Waals surface area contributed by atoms with Crippen molar-refractivity contribution in [1.82, 2.24) is 0 Å². The molecule has 0 aliphatic carbocycles. The monoisotopic (exact) mass is 295 g/mol. The molecule has 1 aromatic rings. The van der Waals surface area contributed by atoms with Crippen molar-refractivity contribution < 1.29 is 9.13 Å². The summed E-state index contributed by atoms with van der Waals surface area (Å²) < 4.78 is 19.4. The third kappa shape index (κ3) is 6.47. The molecular weight excluding hydrogens is 265 g/mol. The highest BCUT2D eigenvalue weighted by Gasteiger charge is 2.12. The lowest BCUT2D eigenvalue weighted by atomic mass is 10.00. The first-order chi connectivity index (χ1) is 10.1. The third-order valence-corrected chi connectivity index (χ3v) is 4.05. The Morgan fingerprint density at radius 3 is 2.57 bits per heavy atom. The highest BCUT2D eigenvalue weighted by molar-refractivity contribution is 5.34. The molecule has 21 heavy (non-hydrogen) atoms. The van der Waals surface area contributed by atoms with Crippen molar-refractivity contribution in [2.45, 2.75) is 65.3 Å². The van der Waals surface area contributed by atoms with Crippen LogP contribution >= 0.6 is 0 Å². The molecule has 2 N–H and O–H groups in total. The predicted octanol–water partition coefficient (Wildman–Crippen LogP) is 4.70. The number of unbranched alkanes of at least 4 members (excludes halogenated alkanes) is 1. The third-order valence-electron chi connectivity index (χ3n) is 4.05. The quantitative estimate of drug-likeness (QED) is 0.679. The molecule has 1 rings (SSSR count). The van der Waals surface area contributed by atoms with Gasteiger partial charge in [-0.3, -0.25) is 0 Å². The molecule has 0 aliphatic heterocycles. The number of halogens is 1. The fourth-order valence-corrected chi connectivity index (χ4v) is 2.38. The van der Waals surface area contributed by atoms with E-state index in [1.165, 1.54) is 25.3 Å². The summed E-state index contributed by atoms with van der Waals surface area (Å²) in [4.78, 5) is 0. The van der Waals surface area contributed by atoms with Crippen LogP contribution in [-0.2, 0) is 6.42 Å². The Kier molecular flexibility index (Phi) is 8.36.